The first kappa shape index (κ1) is 17.2. The van der Waals surface area contributed by atoms with Crippen molar-refractivity contribution in [3.05, 3.63) is 65.1 Å². The molecule has 2 aromatic heterocycles. The van der Waals surface area contributed by atoms with E-state index in [4.69, 9.17) is 16.3 Å². The van der Waals surface area contributed by atoms with E-state index in [2.05, 4.69) is 15.3 Å². The zero-order valence-electron chi connectivity index (χ0n) is 14.0. The van der Waals surface area contributed by atoms with Gasteiger partial charge in [0, 0.05) is 23.0 Å². The van der Waals surface area contributed by atoms with E-state index in [1.807, 2.05) is 26.0 Å². The van der Waals surface area contributed by atoms with Gasteiger partial charge in [0.05, 0.1) is 11.3 Å². The van der Waals surface area contributed by atoms with Gasteiger partial charge in [0.25, 0.3) is 0 Å². The fraction of sp³-hybridized carbons (Fsp3) is 0.211. The molecule has 128 valence electrons. The largest absolute Gasteiger partial charge is 0.456 e. The zero-order chi connectivity index (χ0) is 17.8. The van der Waals surface area contributed by atoms with E-state index in [0.717, 1.165) is 10.8 Å². The molecule has 0 saturated carbocycles. The molecule has 25 heavy (non-hydrogen) atoms. The Bertz CT molecular complexity index is 898. The number of pyridine rings is 2. The molecule has 3 rings (SSSR count). The molecule has 1 N–H and O–H groups in total. The second-order valence-corrected chi connectivity index (χ2v) is 6.32. The van der Waals surface area contributed by atoms with Crippen molar-refractivity contribution in [2.75, 3.05) is 5.32 Å². The SMILES string of the molecule is CC(C)Nc1nc(COC(=O)c2ccccc2)cc2cnc(Cl)cc12. The number of benzene rings is 1. The van der Waals surface area contributed by atoms with Crippen molar-refractivity contribution < 1.29 is 9.53 Å². The molecular formula is C19H18ClN3O2. The Hall–Kier alpha value is -2.66. The predicted octanol–water partition coefficient (Wildman–Crippen LogP) is 4.46. The van der Waals surface area contributed by atoms with Crippen molar-refractivity contribution in [1.82, 2.24) is 9.97 Å². The van der Waals surface area contributed by atoms with Crippen LogP contribution in [-0.2, 0) is 11.3 Å². The van der Waals surface area contributed by atoms with Gasteiger partial charge in [0.1, 0.15) is 17.6 Å². The van der Waals surface area contributed by atoms with E-state index in [0.29, 0.717) is 22.2 Å². The molecule has 0 bridgehead atoms. The number of nitrogens with zero attached hydrogens (tertiary/aromatic N) is 2. The normalized spacial score (nSPS) is 10.9. The van der Waals surface area contributed by atoms with Gasteiger partial charge in [0.2, 0.25) is 0 Å². The van der Waals surface area contributed by atoms with Crippen LogP contribution in [0.25, 0.3) is 10.8 Å². The molecule has 0 amide bonds. The topological polar surface area (TPSA) is 64.1 Å². The summed E-state index contributed by atoms with van der Waals surface area (Å²) in [6.45, 7) is 4.13. The van der Waals surface area contributed by atoms with Crippen LogP contribution in [0.2, 0.25) is 5.15 Å². The smallest absolute Gasteiger partial charge is 0.338 e. The summed E-state index contributed by atoms with van der Waals surface area (Å²) >= 11 is 6.00. The van der Waals surface area contributed by atoms with Gasteiger partial charge in [-0.15, -0.1) is 0 Å². The first-order valence-corrected chi connectivity index (χ1v) is 8.34. The molecule has 1 aromatic carbocycles. The Kier molecular flexibility index (Phi) is 5.14. The van der Waals surface area contributed by atoms with E-state index < -0.39 is 0 Å². The van der Waals surface area contributed by atoms with E-state index in [1.165, 1.54) is 0 Å². The van der Waals surface area contributed by atoms with Crippen molar-refractivity contribution in [2.45, 2.75) is 26.5 Å². The number of hydrogen-bond donors (Lipinski definition) is 1. The van der Waals surface area contributed by atoms with Gasteiger partial charge in [0.15, 0.2) is 0 Å². The van der Waals surface area contributed by atoms with E-state index >= 15 is 0 Å². The minimum absolute atomic E-state index is 0.0824. The van der Waals surface area contributed by atoms with Crippen LogP contribution in [-0.4, -0.2) is 22.0 Å². The molecule has 2 heterocycles. The molecule has 0 fully saturated rings. The number of fused-ring (bicyclic) bond motifs is 1. The fourth-order valence-electron chi connectivity index (χ4n) is 2.43. The van der Waals surface area contributed by atoms with E-state index in [9.17, 15) is 4.79 Å². The minimum atomic E-state index is -0.380. The summed E-state index contributed by atoms with van der Waals surface area (Å²) in [7, 11) is 0. The maximum Gasteiger partial charge on any atom is 0.338 e. The van der Waals surface area contributed by atoms with E-state index in [-0.39, 0.29) is 18.6 Å². The molecular weight excluding hydrogens is 338 g/mol. The fourth-order valence-corrected chi connectivity index (χ4v) is 2.59. The maximum atomic E-state index is 12.1. The molecule has 5 nitrogen and oxygen atoms in total. The highest BCUT2D eigenvalue weighted by molar-refractivity contribution is 6.30. The average Bonchev–Trinajstić information content (AvgIpc) is 2.60. The number of halogens is 1. The Labute approximate surface area is 151 Å². The lowest BCUT2D eigenvalue weighted by Crippen LogP contribution is -2.13. The standard InChI is InChI=1S/C19H18ClN3O2/c1-12(2)22-18-16-9-17(20)21-10-14(16)8-15(23-18)11-25-19(24)13-6-4-3-5-7-13/h3-10,12H,11H2,1-2H3,(H,22,23). The van der Waals surface area contributed by atoms with Crippen LogP contribution in [0, 0.1) is 0 Å². The molecule has 3 aromatic rings. The molecule has 6 heteroatoms. The number of anilines is 1. The molecule has 0 saturated heterocycles. The van der Waals surface area contributed by atoms with Crippen LogP contribution in [0.1, 0.15) is 29.9 Å². The summed E-state index contributed by atoms with van der Waals surface area (Å²) < 4.78 is 5.37. The second kappa shape index (κ2) is 7.49. The summed E-state index contributed by atoms with van der Waals surface area (Å²) in [5.74, 6) is 0.317. The molecule has 0 radical (unpaired) electrons. The number of carbonyl (C=O) groups is 1. The predicted molar refractivity (Wildman–Crippen MR) is 98.9 cm³/mol. The Morgan fingerprint density at radius 1 is 1.24 bits per heavy atom. The first-order chi connectivity index (χ1) is 12.0. The van der Waals surface area contributed by atoms with Crippen LogP contribution in [0.5, 0.6) is 0 Å². The molecule has 0 atom stereocenters. The zero-order valence-corrected chi connectivity index (χ0v) is 14.7. The molecule has 0 spiro atoms. The summed E-state index contributed by atoms with van der Waals surface area (Å²) in [6, 6.07) is 12.7. The molecule has 0 unspecified atom stereocenters. The Morgan fingerprint density at radius 2 is 2.00 bits per heavy atom. The quantitative estimate of drug-likeness (QED) is 0.540. The summed E-state index contributed by atoms with van der Waals surface area (Å²) in [5.41, 5.74) is 1.15. The van der Waals surface area contributed by atoms with Crippen molar-refractivity contribution >= 4 is 34.2 Å². The maximum absolute atomic E-state index is 12.1. The van der Waals surface area contributed by atoms with E-state index in [1.54, 1.807) is 36.5 Å². The van der Waals surface area contributed by atoms with Crippen LogP contribution < -0.4 is 5.32 Å². The lowest BCUT2D eigenvalue weighted by molar-refractivity contribution is 0.0468. The van der Waals surface area contributed by atoms with Gasteiger partial charge < -0.3 is 10.1 Å². The van der Waals surface area contributed by atoms with Crippen molar-refractivity contribution in [2.24, 2.45) is 0 Å². The number of hydrogen-bond acceptors (Lipinski definition) is 5. The number of rotatable bonds is 5. The number of ether oxygens (including phenoxy) is 1. The van der Waals surface area contributed by atoms with Gasteiger partial charge in [-0.2, -0.15) is 0 Å². The summed E-state index contributed by atoms with van der Waals surface area (Å²) in [5, 5.41) is 5.47. The van der Waals surface area contributed by atoms with Gasteiger partial charge in [-0.25, -0.2) is 14.8 Å². The summed E-state index contributed by atoms with van der Waals surface area (Å²) in [6.07, 6.45) is 1.69. The third kappa shape index (κ3) is 4.25. The highest BCUT2D eigenvalue weighted by Crippen LogP contribution is 2.25. The van der Waals surface area contributed by atoms with Crippen LogP contribution in [0.3, 0.4) is 0 Å². The third-order valence-electron chi connectivity index (χ3n) is 3.52. The molecule has 0 aliphatic heterocycles. The average molecular weight is 356 g/mol. The number of nitrogens with one attached hydrogen (secondary N) is 1. The lowest BCUT2D eigenvalue weighted by atomic mass is 10.2. The van der Waals surface area contributed by atoms with Crippen molar-refractivity contribution in [3.63, 3.8) is 0 Å². The monoisotopic (exact) mass is 355 g/mol. The minimum Gasteiger partial charge on any atom is -0.456 e. The first-order valence-electron chi connectivity index (χ1n) is 7.97. The molecule has 0 aliphatic rings. The van der Waals surface area contributed by atoms with Crippen molar-refractivity contribution in [3.8, 4) is 0 Å². The van der Waals surface area contributed by atoms with Crippen LogP contribution >= 0.6 is 11.6 Å². The van der Waals surface area contributed by atoms with Crippen LogP contribution in [0.15, 0.2) is 48.7 Å². The highest BCUT2D eigenvalue weighted by atomic mass is 35.5. The van der Waals surface area contributed by atoms with Crippen LogP contribution in [0.4, 0.5) is 5.82 Å². The third-order valence-corrected chi connectivity index (χ3v) is 3.73. The lowest BCUT2D eigenvalue weighted by Gasteiger charge is -2.14. The Balaban J connectivity index is 1.86. The second-order valence-electron chi connectivity index (χ2n) is 5.93. The number of carbonyl (C=O) groups excluding carboxylic acids is 1. The molecule has 0 aliphatic carbocycles. The van der Waals surface area contributed by atoms with Gasteiger partial charge in [-0.1, -0.05) is 29.8 Å². The van der Waals surface area contributed by atoms with Gasteiger partial charge in [-0.05, 0) is 38.1 Å². The highest BCUT2D eigenvalue weighted by Gasteiger charge is 2.11. The van der Waals surface area contributed by atoms with Crippen molar-refractivity contribution in [1.29, 1.82) is 0 Å². The number of esters is 1. The Morgan fingerprint density at radius 3 is 2.72 bits per heavy atom. The van der Waals surface area contributed by atoms with Gasteiger partial charge >= 0.3 is 5.97 Å². The summed E-state index contributed by atoms with van der Waals surface area (Å²) in [4.78, 5) is 20.8. The number of aromatic nitrogens is 2. The van der Waals surface area contributed by atoms with Gasteiger partial charge in [-0.3, -0.25) is 0 Å².